The number of imidazole rings is 1. The number of fused-ring (bicyclic) bond motifs is 1. The van der Waals surface area contributed by atoms with Gasteiger partial charge in [0.25, 0.3) is 0 Å². The highest BCUT2D eigenvalue weighted by atomic mass is 32.1. The number of nitrogens with zero attached hydrogens (tertiary/aromatic N) is 2. The van der Waals surface area contributed by atoms with E-state index in [2.05, 4.69) is 15.0 Å². The van der Waals surface area contributed by atoms with Crippen molar-refractivity contribution in [3.63, 3.8) is 0 Å². The van der Waals surface area contributed by atoms with Gasteiger partial charge in [-0.25, -0.2) is 4.98 Å². The zero-order valence-electron chi connectivity index (χ0n) is 10.1. The topological polar surface area (TPSA) is 55.6 Å². The van der Waals surface area contributed by atoms with E-state index in [-0.39, 0.29) is 12.0 Å². The lowest BCUT2D eigenvalue weighted by atomic mass is 10.3. The van der Waals surface area contributed by atoms with Gasteiger partial charge < -0.3 is 4.74 Å². The van der Waals surface area contributed by atoms with Gasteiger partial charge in [0.15, 0.2) is 4.96 Å². The summed E-state index contributed by atoms with van der Waals surface area (Å²) in [6.07, 6.45) is 1.99. The average molecular weight is 253 g/mol. The number of methoxy groups -OCH3 is 1. The summed E-state index contributed by atoms with van der Waals surface area (Å²) in [5.41, 5.74) is 2.07. The third-order valence-electron chi connectivity index (χ3n) is 2.69. The lowest BCUT2D eigenvalue weighted by Gasteiger charge is -2.11. The van der Waals surface area contributed by atoms with E-state index in [0.717, 1.165) is 16.3 Å². The predicted octanol–water partition coefficient (Wildman–Crippen LogP) is 1.36. The van der Waals surface area contributed by atoms with E-state index in [0.29, 0.717) is 6.54 Å². The Balaban J connectivity index is 2.10. The molecule has 0 bridgehead atoms. The van der Waals surface area contributed by atoms with Crippen LogP contribution < -0.4 is 5.32 Å². The number of carbonyl (C=O) groups excluding carboxylic acids is 1. The second kappa shape index (κ2) is 4.85. The van der Waals surface area contributed by atoms with Gasteiger partial charge in [-0.2, -0.15) is 0 Å². The molecule has 0 spiro atoms. The molecule has 0 saturated heterocycles. The number of aryl methyl sites for hydroxylation is 1. The lowest BCUT2D eigenvalue weighted by Crippen LogP contribution is -2.34. The first-order chi connectivity index (χ1) is 8.13. The van der Waals surface area contributed by atoms with E-state index >= 15 is 0 Å². The van der Waals surface area contributed by atoms with Crippen LogP contribution >= 0.6 is 11.3 Å². The van der Waals surface area contributed by atoms with Crippen molar-refractivity contribution in [3.05, 3.63) is 23.0 Å². The number of ether oxygens (including phenoxy) is 1. The van der Waals surface area contributed by atoms with Crippen LogP contribution in [0.4, 0.5) is 0 Å². The Bertz CT molecular complexity index is 532. The minimum Gasteiger partial charge on any atom is -0.468 e. The van der Waals surface area contributed by atoms with E-state index in [4.69, 9.17) is 0 Å². The summed E-state index contributed by atoms with van der Waals surface area (Å²) in [5, 5.41) is 5.12. The van der Waals surface area contributed by atoms with Crippen LogP contribution in [-0.4, -0.2) is 28.5 Å². The summed E-state index contributed by atoms with van der Waals surface area (Å²) in [6, 6.07) is -0.316. The molecule has 0 aliphatic rings. The van der Waals surface area contributed by atoms with Crippen LogP contribution in [0.25, 0.3) is 4.96 Å². The van der Waals surface area contributed by atoms with Gasteiger partial charge in [-0.15, -0.1) is 11.3 Å². The van der Waals surface area contributed by atoms with Crippen molar-refractivity contribution in [2.75, 3.05) is 7.11 Å². The molecule has 17 heavy (non-hydrogen) atoms. The maximum Gasteiger partial charge on any atom is 0.322 e. The van der Waals surface area contributed by atoms with E-state index in [9.17, 15) is 4.79 Å². The van der Waals surface area contributed by atoms with Gasteiger partial charge in [-0.1, -0.05) is 0 Å². The van der Waals surface area contributed by atoms with Gasteiger partial charge in [-0.05, 0) is 13.8 Å². The standard InChI is InChI=1S/C11H15N3O2S/c1-7-9(6-12-8(2)10(15)16-3)14-4-5-17-11(14)13-7/h4-5,8,12H,6H2,1-3H3. The van der Waals surface area contributed by atoms with Crippen molar-refractivity contribution in [2.45, 2.75) is 26.4 Å². The smallest absolute Gasteiger partial charge is 0.322 e. The van der Waals surface area contributed by atoms with Crippen molar-refractivity contribution in [1.29, 1.82) is 0 Å². The Morgan fingerprint density at radius 2 is 2.47 bits per heavy atom. The molecule has 1 N–H and O–H groups in total. The molecule has 0 aliphatic heterocycles. The maximum absolute atomic E-state index is 11.3. The summed E-state index contributed by atoms with van der Waals surface area (Å²) in [4.78, 5) is 16.7. The first-order valence-electron chi connectivity index (χ1n) is 5.35. The number of carbonyl (C=O) groups is 1. The van der Waals surface area contributed by atoms with Gasteiger partial charge in [-0.3, -0.25) is 14.5 Å². The van der Waals surface area contributed by atoms with Gasteiger partial charge in [0.2, 0.25) is 0 Å². The summed E-state index contributed by atoms with van der Waals surface area (Å²) < 4.78 is 6.70. The fourth-order valence-electron chi connectivity index (χ4n) is 1.66. The van der Waals surface area contributed by atoms with Crippen LogP contribution in [0.1, 0.15) is 18.3 Å². The third kappa shape index (κ3) is 2.32. The highest BCUT2D eigenvalue weighted by molar-refractivity contribution is 7.15. The largest absolute Gasteiger partial charge is 0.468 e. The number of rotatable bonds is 4. The summed E-state index contributed by atoms with van der Waals surface area (Å²) in [5.74, 6) is -0.256. The van der Waals surface area contributed by atoms with E-state index < -0.39 is 0 Å². The van der Waals surface area contributed by atoms with Crippen molar-refractivity contribution in [1.82, 2.24) is 14.7 Å². The Labute approximate surface area is 103 Å². The summed E-state index contributed by atoms with van der Waals surface area (Å²) in [6.45, 7) is 4.35. The molecule has 2 heterocycles. The molecule has 0 saturated carbocycles. The minimum absolute atomic E-state index is 0.256. The molecule has 5 nitrogen and oxygen atoms in total. The number of nitrogens with one attached hydrogen (secondary N) is 1. The normalized spacial score (nSPS) is 12.9. The van der Waals surface area contributed by atoms with Gasteiger partial charge in [0.1, 0.15) is 6.04 Å². The number of aromatic nitrogens is 2. The lowest BCUT2D eigenvalue weighted by molar-refractivity contribution is -0.142. The number of hydrogen-bond acceptors (Lipinski definition) is 5. The second-order valence-corrected chi connectivity index (χ2v) is 4.70. The first kappa shape index (κ1) is 12.1. The zero-order chi connectivity index (χ0) is 12.4. The Morgan fingerprint density at radius 1 is 1.71 bits per heavy atom. The first-order valence-corrected chi connectivity index (χ1v) is 6.23. The molecule has 6 heteroatoms. The molecule has 1 atom stereocenters. The second-order valence-electron chi connectivity index (χ2n) is 3.83. The molecule has 0 radical (unpaired) electrons. The highest BCUT2D eigenvalue weighted by Gasteiger charge is 2.15. The minimum atomic E-state index is -0.316. The molecule has 2 aromatic rings. The van der Waals surface area contributed by atoms with Crippen LogP contribution in [0.3, 0.4) is 0 Å². The Kier molecular flexibility index (Phi) is 3.44. The maximum atomic E-state index is 11.3. The van der Waals surface area contributed by atoms with Crippen molar-refractivity contribution < 1.29 is 9.53 Å². The Hall–Kier alpha value is -1.40. The highest BCUT2D eigenvalue weighted by Crippen LogP contribution is 2.16. The SMILES string of the molecule is COC(=O)C(C)NCc1c(C)nc2sccn12. The zero-order valence-corrected chi connectivity index (χ0v) is 10.9. The Morgan fingerprint density at radius 3 is 3.18 bits per heavy atom. The van der Waals surface area contributed by atoms with E-state index in [1.165, 1.54) is 7.11 Å². The van der Waals surface area contributed by atoms with E-state index in [1.54, 1.807) is 18.3 Å². The molecule has 0 fully saturated rings. The number of thiazole rings is 1. The summed E-state index contributed by atoms with van der Waals surface area (Å²) >= 11 is 1.60. The molecule has 0 amide bonds. The van der Waals surface area contributed by atoms with Gasteiger partial charge in [0, 0.05) is 18.1 Å². The van der Waals surface area contributed by atoms with Crippen LogP contribution in [0.2, 0.25) is 0 Å². The fraction of sp³-hybridized carbons (Fsp3) is 0.455. The van der Waals surface area contributed by atoms with Gasteiger partial charge >= 0.3 is 5.97 Å². The molecular formula is C11H15N3O2S. The van der Waals surface area contributed by atoms with Gasteiger partial charge in [0.05, 0.1) is 18.5 Å². The quantitative estimate of drug-likeness (QED) is 0.836. The molecule has 92 valence electrons. The number of esters is 1. The van der Waals surface area contributed by atoms with Crippen LogP contribution in [0.5, 0.6) is 0 Å². The van der Waals surface area contributed by atoms with Crippen LogP contribution in [0.15, 0.2) is 11.6 Å². The fourth-order valence-corrected chi connectivity index (χ4v) is 2.44. The molecular weight excluding hydrogens is 238 g/mol. The van der Waals surface area contributed by atoms with Crippen LogP contribution in [0, 0.1) is 6.92 Å². The third-order valence-corrected chi connectivity index (χ3v) is 3.45. The van der Waals surface area contributed by atoms with E-state index in [1.807, 2.05) is 22.9 Å². The van der Waals surface area contributed by atoms with Crippen molar-refractivity contribution in [2.24, 2.45) is 0 Å². The van der Waals surface area contributed by atoms with Crippen molar-refractivity contribution in [3.8, 4) is 0 Å². The van der Waals surface area contributed by atoms with Crippen LogP contribution in [-0.2, 0) is 16.1 Å². The molecule has 1 unspecified atom stereocenters. The van der Waals surface area contributed by atoms with Crippen molar-refractivity contribution >= 4 is 22.3 Å². The molecule has 2 rings (SSSR count). The molecule has 0 aromatic carbocycles. The average Bonchev–Trinajstić information content (AvgIpc) is 2.86. The molecule has 2 aromatic heterocycles. The summed E-state index contributed by atoms with van der Waals surface area (Å²) in [7, 11) is 1.39. The molecule has 0 aliphatic carbocycles. The monoisotopic (exact) mass is 253 g/mol. The number of hydrogen-bond donors (Lipinski definition) is 1. The predicted molar refractivity (Wildman–Crippen MR) is 66.1 cm³/mol.